The number of aromatic amines is 1. The summed E-state index contributed by atoms with van der Waals surface area (Å²) in [6.07, 6.45) is 0.323. The number of carbonyl (C=O) groups excluding carboxylic acids is 1. The molecule has 0 aliphatic rings. The zero-order valence-corrected chi connectivity index (χ0v) is 13.5. The lowest BCUT2D eigenvalue weighted by Crippen LogP contribution is -2.18. The van der Waals surface area contributed by atoms with E-state index in [1.54, 1.807) is 6.92 Å². The van der Waals surface area contributed by atoms with Gasteiger partial charge >= 0.3 is 5.97 Å². The smallest absolute Gasteiger partial charge is 0.323 e. The number of nitrogens with one attached hydrogen (secondary N) is 1. The number of benzene rings is 2. The Kier molecular flexibility index (Phi) is 4.62. The van der Waals surface area contributed by atoms with Gasteiger partial charge in [0.2, 0.25) is 0 Å². The third kappa shape index (κ3) is 3.02. The van der Waals surface area contributed by atoms with E-state index in [0.29, 0.717) is 6.42 Å². The van der Waals surface area contributed by atoms with Gasteiger partial charge in [0.25, 0.3) is 0 Å². The zero-order valence-electron chi connectivity index (χ0n) is 13.5. The second kappa shape index (κ2) is 7.01. The van der Waals surface area contributed by atoms with E-state index in [2.05, 4.69) is 11.1 Å². The molecule has 0 saturated carbocycles. The molecular weight excluding hydrogens is 300 g/mol. The summed E-state index contributed by atoms with van der Waals surface area (Å²) in [5.74, 6) is -1.28. The zero-order chi connectivity index (χ0) is 16.9. The molecule has 3 aromatic rings. The summed E-state index contributed by atoms with van der Waals surface area (Å²) in [5.41, 5.74) is 3.94. The van der Waals surface area contributed by atoms with E-state index in [4.69, 9.17) is 4.74 Å². The van der Waals surface area contributed by atoms with Gasteiger partial charge in [-0.3, -0.25) is 4.79 Å². The van der Waals surface area contributed by atoms with Crippen LogP contribution in [0.1, 0.15) is 12.5 Å². The van der Waals surface area contributed by atoms with E-state index >= 15 is 0 Å². The fourth-order valence-electron chi connectivity index (χ4n) is 2.89. The predicted octanol–water partition coefficient (Wildman–Crippen LogP) is 4.08. The highest BCUT2D eigenvalue weighted by Crippen LogP contribution is 2.32. The van der Waals surface area contributed by atoms with Crippen molar-refractivity contribution in [3.63, 3.8) is 0 Å². The van der Waals surface area contributed by atoms with Gasteiger partial charge in [-0.1, -0.05) is 48.5 Å². The van der Waals surface area contributed by atoms with Crippen molar-refractivity contribution in [3.05, 3.63) is 60.2 Å². The summed E-state index contributed by atoms with van der Waals surface area (Å²) in [6.45, 7) is 2.02. The Balaban J connectivity index is 2.08. The molecule has 3 rings (SSSR count). The van der Waals surface area contributed by atoms with Gasteiger partial charge in [-0.05, 0) is 24.1 Å². The molecule has 4 heteroatoms. The lowest BCUT2D eigenvalue weighted by molar-refractivity contribution is -0.145. The quantitative estimate of drug-likeness (QED) is 0.721. The number of esters is 1. The van der Waals surface area contributed by atoms with Gasteiger partial charge in [0.15, 0.2) is 0 Å². The first-order chi connectivity index (χ1) is 11.7. The molecule has 0 bridgehead atoms. The molecular formula is C20H18N2O2. The van der Waals surface area contributed by atoms with E-state index in [-0.39, 0.29) is 6.61 Å². The molecule has 0 radical (unpaired) electrons. The van der Waals surface area contributed by atoms with E-state index < -0.39 is 11.9 Å². The van der Waals surface area contributed by atoms with Crippen molar-refractivity contribution in [1.29, 1.82) is 5.26 Å². The standard InChI is InChI=1S/C20H18N2O2/c1-2-24-20(23)15(13-21)12-17-16-10-6-7-11-18(16)22-19(17)14-8-4-3-5-9-14/h3-11,15,22H,2,12H2,1H3. The number of nitriles is 1. The summed E-state index contributed by atoms with van der Waals surface area (Å²) < 4.78 is 5.03. The summed E-state index contributed by atoms with van der Waals surface area (Å²) in [5, 5.41) is 10.4. The molecule has 2 aromatic carbocycles. The number of carbonyl (C=O) groups is 1. The van der Waals surface area contributed by atoms with Crippen LogP contribution >= 0.6 is 0 Å². The molecule has 0 spiro atoms. The Morgan fingerprint density at radius 3 is 2.58 bits per heavy atom. The van der Waals surface area contributed by atoms with Crippen LogP contribution in [0.5, 0.6) is 0 Å². The first-order valence-electron chi connectivity index (χ1n) is 7.95. The lowest BCUT2D eigenvalue weighted by atomic mass is 9.95. The van der Waals surface area contributed by atoms with Gasteiger partial charge in [0.05, 0.1) is 12.7 Å². The van der Waals surface area contributed by atoms with Gasteiger partial charge in [-0.2, -0.15) is 5.26 Å². The minimum absolute atomic E-state index is 0.274. The van der Waals surface area contributed by atoms with Crippen LogP contribution in [-0.2, 0) is 16.0 Å². The first-order valence-corrected chi connectivity index (χ1v) is 7.95. The average Bonchev–Trinajstić information content (AvgIpc) is 2.99. The highest BCUT2D eigenvalue weighted by Gasteiger charge is 2.24. The maximum Gasteiger partial charge on any atom is 0.323 e. The molecule has 0 aliphatic heterocycles. The molecule has 1 unspecified atom stereocenters. The van der Waals surface area contributed by atoms with Crippen LogP contribution in [-0.4, -0.2) is 17.6 Å². The molecule has 0 saturated heterocycles. The minimum Gasteiger partial charge on any atom is -0.465 e. The average molecular weight is 318 g/mol. The van der Waals surface area contributed by atoms with Crippen LogP contribution in [0.15, 0.2) is 54.6 Å². The Hall–Kier alpha value is -3.06. The van der Waals surface area contributed by atoms with Gasteiger partial charge in [-0.15, -0.1) is 0 Å². The minimum atomic E-state index is -0.813. The van der Waals surface area contributed by atoms with Gasteiger partial charge in [0, 0.05) is 23.0 Å². The molecule has 0 fully saturated rings. The maximum atomic E-state index is 12.0. The first kappa shape index (κ1) is 15.8. The van der Waals surface area contributed by atoms with Crippen molar-refractivity contribution in [1.82, 2.24) is 4.98 Å². The van der Waals surface area contributed by atoms with Crippen LogP contribution < -0.4 is 0 Å². The molecule has 120 valence electrons. The fraction of sp³-hybridized carbons (Fsp3) is 0.200. The summed E-state index contributed by atoms with van der Waals surface area (Å²) in [6, 6.07) is 19.9. The Labute approximate surface area is 140 Å². The van der Waals surface area contributed by atoms with Crippen molar-refractivity contribution in [2.24, 2.45) is 5.92 Å². The van der Waals surface area contributed by atoms with Crippen LogP contribution in [0, 0.1) is 17.2 Å². The summed E-state index contributed by atoms with van der Waals surface area (Å²) in [4.78, 5) is 15.4. The number of aromatic nitrogens is 1. The van der Waals surface area contributed by atoms with Crippen LogP contribution in [0.3, 0.4) is 0 Å². The predicted molar refractivity (Wildman–Crippen MR) is 93.2 cm³/mol. The van der Waals surface area contributed by atoms with Crippen molar-refractivity contribution in [2.75, 3.05) is 6.61 Å². The molecule has 1 aromatic heterocycles. The van der Waals surface area contributed by atoms with Crippen molar-refractivity contribution in [2.45, 2.75) is 13.3 Å². The third-order valence-electron chi connectivity index (χ3n) is 4.01. The van der Waals surface area contributed by atoms with Crippen molar-refractivity contribution < 1.29 is 9.53 Å². The molecule has 0 aliphatic carbocycles. The Morgan fingerprint density at radius 2 is 1.88 bits per heavy atom. The van der Waals surface area contributed by atoms with E-state index in [0.717, 1.165) is 27.7 Å². The fourth-order valence-corrected chi connectivity index (χ4v) is 2.89. The van der Waals surface area contributed by atoms with E-state index in [1.807, 2.05) is 54.6 Å². The van der Waals surface area contributed by atoms with Gasteiger partial charge in [0.1, 0.15) is 5.92 Å². The topological polar surface area (TPSA) is 65.9 Å². The van der Waals surface area contributed by atoms with Crippen LogP contribution in [0.2, 0.25) is 0 Å². The number of ether oxygens (including phenoxy) is 1. The number of nitrogens with zero attached hydrogens (tertiary/aromatic N) is 1. The Morgan fingerprint density at radius 1 is 1.17 bits per heavy atom. The second-order valence-electron chi connectivity index (χ2n) is 5.53. The number of para-hydroxylation sites is 1. The highest BCUT2D eigenvalue weighted by atomic mass is 16.5. The van der Waals surface area contributed by atoms with Crippen molar-refractivity contribution in [3.8, 4) is 17.3 Å². The molecule has 1 atom stereocenters. The second-order valence-corrected chi connectivity index (χ2v) is 5.53. The highest BCUT2D eigenvalue weighted by molar-refractivity contribution is 5.91. The third-order valence-corrected chi connectivity index (χ3v) is 4.01. The summed E-state index contributed by atoms with van der Waals surface area (Å²) >= 11 is 0. The maximum absolute atomic E-state index is 12.0. The SMILES string of the molecule is CCOC(=O)C(C#N)Cc1c(-c2ccccc2)[nH]c2ccccc12. The normalized spacial score (nSPS) is 11.8. The van der Waals surface area contributed by atoms with Crippen LogP contribution in [0.25, 0.3) is 22.2 Å². The molecule has 24 heavy (non-hydrogen) atoms. The molecule has 0 amide bonds. The van der Waals surface area contributed by atoms with Crippen LogP contribution in [0.4, 0.5) is 0 Å². The van der Waals surface area contributed by atoms with Gasteiger partial charge in [-0.25, -0.2) is 0 Å². The molecule has 1 heterocycles. The number of H-pyrrole nitrogens is 1. The monoisotopic (exact) mass is 318 g/mol. The number of rotatable bonds is 5. The number of hydrogen-bond acceptors (Lipinski definition) is 3. The number of fused-ring (bicyclic) bond motifs is 1. The summed E-state index contributed by atoms with van der Waals surface area (Å²) in [7, 11) is 0. The van der Waals surface area contributed by atoms with E-state index in [1.165, 1.54) is 0 Å². The Bertz CT molecular complexity index is 891. The van der Waals surface area contributed by atoms with Gasteiger partial charge < -0.3 is 9.72 Å². The lowest BCUT2D eigenvalue weighted by Gasteiger charge is -2.10. The van der Waals surface area contributed by atoms with Crippen molar-refractivity contribution >= 4 is 16.9 Å². The number of hydrogen-bond donors (Lipinski definition) is 1. The van der Waals surface area contributed by atoms with E-state index in [9.17, 15) is 10.1 Å². The molecule has 4 nitrogen and oxygen atoms in total. The largest absolute Gasteiger partial charge is 0.465 e. The molecule has 1 N–H and O–H groups in total.